The lowest BCUT2D eigenvalue weighted by Gasteiger charge is -2.19. The number of amides is 1. The number of hydrogen-bond donors (Lipinski definition) is 2. The molecule has 1 atom stereocenters. The van der Waals surface area contributed by atoms with E-state index < -0.39 is 6.04 Å². The van der Waals surface area contributed by atoms with Crippen LogP contribution in [0.3, 0.4) is 0 Å². The molecule has 0 saturated heterocycles. The third-order valence-corrected chi connectivity index (χ3v) is 3.33. The zero-order chi connectivity index (χ0) is 16.7. The van der Waals surface area contributed by atoms with Gasteiger partial charge in [-0.1, -0.05) is 26.0 Å². The predicted octanol–water partition coefficient (Wildman–Crippen LogP) is 2.01. The molecule has 2 N–H and O–H groups in total. The van der Waals surface area contributed by atoms with Gasteiger partial charge in [0.2, 0.25) is 5.91 Å². The van der Waals surface area contributed by atoms with Crippen molar-refractivity contribution in [2.45, 2.75) is 46.1 Å². The summed E-state index contributed by atoms with van der Waals surface area (Å²) in [5.41, 5.74) is 0.851. The number of carbonyl (C=O) groups excluding carboxylic acids is 3. The molecule has 1 unspecified atom stereocenters. The number of carbonyl (C=O) groups is 3. The number of benzene rings is 1. The number of aromatic hydroxyl groups is 1. The summed E-state index contributed by atoms with van der Waals surface area (Å²) in [6, 6.07) is 5.91. The topological polar surface area (TPSA) is 83.5 Å². The van der Waals surface area contributed by atoms with Gasteiger partial charge in [-0.25, -0.2) is 0 Å². The van der Waals surface area contributed by atoms with Gasteiger partial charge in [0.05, 0.1) is 6.04 Å². The zero-order valence-electron chi connectivity index (χ0n) is 13.3. The Balaban J connectivity index is 2.75. The Morgan fingerprint density at radius 2 is 1.68 bits per heavy atom. The number of hydrogen-bond acceptors (Lipinski definition) is 4. The van der Waals surface area contributed by atoms with Crippen molar-refractivity contribution in [3.8, 4) is 5.75 Å². The third kappa shape index (κ3) is 6.08. The summed E-state index contributed by atoms with van der Waals surface area (Å²) in [5.74, 6) is -0.450. The average molecular weight is 305 g/mol. The largest absolute Gasteiger partial charge is 0.508 e. The molecule has 1 amide bonds. The molecule has 1 rings (SSSR count). The van der Waals surface area contributed by atoms with Gasteiger partial charge in [0.25, 0.3) is 0 Å². The highest BCUT2D eigenvalue weighted by atomic mass is 16.3. The zero-order valence-corrected chi connectivity index (χ0v) is 13.3. The van der Waals surface area contributed by atoms with Crippen LogP contribution in [0.25, 0.3) is 0 Å². The molecular formula is C17H23NO4. The van der Waals surface area contributed by atoms with Crippen LogP contribution in [0, 0.1) is 5.92 Å². The molecule has 5 heteroatoms. The summed E-state index contributed by atoms with van der Waals surface area (Å²) in [6.07, 6.45) is 0.628. The highest BCUT2D eigenvalue weighted by molar-refractivity contribution is 5.91. The predicted molar refractivity (Wildman–Crippen MR) is 83.5 cm³/mol. The number of ketones is 2. The van der Waals surface area contributed by atoms with Gasteiger partial charge in [0.1, 0.15) is 11.5 Å². The van der Waals surface area contributed by atoms with Crippen LogP contribution < -0.4 is 5.32 Å². The van der Waals surface area contributed by atoms with Crippen molar-refractivity contribution in [1.82, 2.24) is 5.32 Å². The number of Topliss-reactive ketones (excluding diaryl/α,β-unsaturated/α-hetero) is 2. The molecule has 0 aliphatic rings. The van der Waals surface area contributed by atoms with Crippen molar-refractivity contribution in [3.63, 3.8) is 0 Å². The second-order valence-electron chi connectivity index (χ2n) is 5.75. The van der Waals surface area contributed by atoms with Gasteiger partial charge in [-0.3, -0.25) is 9.59 Å². The number of phenolic OH excluding ortho intramolecular Hbond substituents is 1. The first-order chi connectivity index (χ1) is 10.3. The van der Waals surface area contributed by atoms with Crippen LogP contribution in [-0.4, -0.2) is 28.6 Å². The van der Waals surface area contributed by atoms with Gasteiger partial charge in [0, 0.05) is 18.8 Å². The van der Waals surface area contributed by atoms with Gasteiger partial charge in [-0.2, -0.15) is 0 Å². The van der Waals surface area contributed by atoms with Crippen LogP contribution in [0.5, 0.6) is 5.75 Å². The fourth-order valence-corrected chi connectivity index (χ4v) is 2.05. The maximum Gasteiger partial charge on any atom is 0.221 e. The second-order valence-corrected chi connectivity index (χ2v) is 5.75. The van der Waals surface area contributed by atoms with Crippen molar-refractivity contribution in [3.05, 3.63) is 29.8 Å². The normalized spacial score (nSPS) is 12.0. The van der Waals surface area contributed by atoms with Gasteiger partial charge in [-0.05, 0) is 31.0 Å². The molecule has 0 aromatic heterocycles. The summed E-state index contributed by atoms with van der Waals surface area (Å²) < 4.78 is 0. The van der Waals surface area contributed by atoms with Crippen molar-refractivity contribution in [2.24, 2.45) is 5.92 Å². The molecule has 120 valence electrons. The Morgan fingerprint density at radius 3 is 2.18 bits per heavy atom. The molecule has 5 nitrogen and oxygen atoms in total. The Labute approximate surface area is 130 Å². The Morgan fingerprint density at radius 1 is 1.09 bits per heavy atom. The number of rotatable bonds is 8. The first kappa shape index (κ1) is 17.9. The molecular weight excluding hydrogens is 282 g/mol. The fraction of sp³-hybridized carbons (Fsp3) is 0.471. The van der Waals surface area contributed by atoms with Crippen molar-refractivity contribution >= 4 is 17.5 Å². The van der Waals surface area contributed by atoms with E-state index in [1.54, 1.807) is 38.1 Å². The smallest absolute Gasteiger partial charge is 0.221 e. The maximum absolute atomic E-state index is 12.3. The molecule has 1 aromatic rings. The molecule has 22 heavy (non-hydrogen) atoms. The summed E-state index contributed by atoms with van der Waals surface area (Å²) in [6.45, 7) is 5.00. The van der Waals surface area contributed by atoms with Gasteiger partial charge in [-0.15, -0.1) is 0 Å². The highest BCUT2D eigenvalue weighted by Crippen LogP contribution is 2.13. The summed E-state index contributed by atoms with van der Waals surface area (Å²) in [4.78, 5) is 35.1. The minimum atomic E-state index is -0.621. The minimum absolute atomic E-state index is 0.0516. The standard InChI is InChI=1S/C17H23NO4/c1-11(2)17(22)15(18-16(21)9-4-12(3)19)10-13-5-7-14(20)8-6-13/h5-8,11,15,20H,4,9-10H2,1-3H3,(H,18,21). The molecule has 1 aromatic carbocycles. The maximum atomic E-state index is 12.3. The van der Waals surface area contributed by atoms with Crippen LogP contribution in [-0.2, 0) is 20.8 Å². The van der Waals surface area contributed by atoms with Crippen LogP contribution in [0.1, 0.15) is 39.2 Å². The molecule has 0 heterocycles. The van der Waals surface area contributed by atoms with Gasteiger partial charge in [0.15, 0.2) is 5.78 Å². The summed E-state index contributed by atoms with van der Waals surface area (Å²) >= 11 is 0. The second kappa shape index (κ2) is 8.32. The lowest BCUT2D eigenvalue weighted by Crippen LogP contribution is -2.44. The van der Waals surface area contributed by atoms with Crippen LogP contribution in [0.4, 0.5) is 0 Å². The lowest BCUT2D eigenvalue weighted by atomic mass is 9.95. The molecule has 0 radical (unpaired) electrons. The van der Waals surface area contributed by atoms with Crippen LogP contribution in [0.15, 0.2) is 24.3 Å². The van der Waals surface area contributed by atoms with E-state index in [2.05, 4.69) is 5.32 Å². The highest BCUT2D eigenvalue weighted by Gasteiger charge is 2.23. The first-order valence-electron chi connectivity index (χ1n) is 7.40. The Bertz CT molecular complexity index is 534. The van der Waals surface area contributed by atoms with E-state index in [1.807, 2.05) is 0 Å². The molecule has 0 bridgehead atoms. The quantitative estimate of drug-likeness (QED) is 0.769. The van der Waals surface area contributed by atoms with E-state index in [1.165, 1.54) is 6.92 Å². The Hall–Kier alpha value is -2.17. The number of phenols is 1. The lowest BCUT2D eigenvalue weighted by molar-refractivity contribution is -0.130. The molecule has 0 aliphatic carbocycles. The monoisotopic (exact) mass is 305 g/mol. The van der Waals surface area contributed by atoms with E-state index >= 15 is 0 Å². The first-order valence-corrected chi connectivity index (χ1v) is 7.40. The van der Waals surface area contributed by atoms with Crippen molar-refractivity contribution in [2.75, 3.05) is 0 Å². The number of nitrogens with one attached hydrogen (secondary N) is 1. The fourth-order valence-electron chi connectivity index (χ4n) is 2.05. The SMILES string of the molecule is CC(=O)CCC(=O)NC(Cc1ccc(O)cc1)C(=O)C(C)C. The minimum Gasteiger partial charge on any atom is -0.508 e. The Kier molecular flexibility index (Phi) is 6.76. The summed E-state index contributed by atoms with van der Waals surface area (Å²) in [5, 5.41) is 12.0. The van der Waals surface area contributed by atoms with E-state index in [-0.39, 0.29) is 42.0 Å². The van der Waals surface area contributed by atoms with Crippen molar-refractivity contribution in [1.29, 1.82) is 0 Å². The molecule has 0 fully saturated rings. The van der Waals surface area contributed by atoms with E-state index in [4.69, 9.17) is 0 Å². The third-order valence-electron chi connectivity index (χ3n) is 3.33. The molecule has 0 aliphatic heterocycles. The molecule has 0 spiro atoms. The van der Waals surface area contributed by atoms with E-state index in [9.17, 15) is 19.5 Å². The van der Waals surface area contributed by atoms with E-state index in [0.717, 1.165) is 5.56 Å². The average Bonchev–Trinajstić information content (AvgIpc) is 2.45. The van der Waals surface area contributed by atoms with Crippen molar-refractivity contribution < 1.29 is 19.5 Å². The summed E-state index contributed by atoms with van der Waals surface area (Å²) in [7, 11) is 0. The van der Waals surface area contributed by atoms with Gasteiger partial charge < -0.3 is 15.2 Å². The van der Waals surface area contributed by atoms with Crippen LogP contribution in [0.2, 0.25) is 0 Å². The molecule has 0 saturated carbocycles. The van der Waals surface area contributed by atoms with E-state index in [0.29, 0.717) is 6.42 Å². The van der Waals surface area contributed by atoms with Gasteiger partial charge >= 0.3 is 0 Å². The van der Waals surface area contributed by atoms with Crippen LogP contribution >= 0.6 is 0 Å².